The molecule has 0 saturated carbocycles. The summed E-state index contributed by atoms with van der Waals surface area (Å²) in [6.45, 7) is 19.3. The van der Waals surface area contributed by atoms with Crippen molar-refractivity contribution >= 4 is 62.6 Å². The molecule has 0 saturated heterocycles. The summed E-state index contributed by atoms with van der Waals surface area (Å²) in [6.07, 6.45) is 0. The standard InChI is InChI=1S/2C14H20O4.4ClH.2Rh/c2*1-6-17-13(15)11-8(3)9(4)12(10(11)5)14(16)18-7-2;;;;;;/h2*11H,6-7H2,1-5H3;4*1H;;/q;;;;;;2*+2/p-4. The van der Waals surface area contributed by atoms with Crippen LogP contribution in [0.3, 0.4) is 0 Å². The molecule has 2 atom stereocenters. The summed E-state index contributed by atoms with van der Waals surface area (Å²) in [5.41, 5.74) is 5.87. The van der Waals surface area contributed by atoms with Gasteiger partial charge in [-0.25, -0.2) is 9.59 Å². The number of halogens is 4. The molecule has 2 rings (SSSR count). The first-order chi connectivity index (χ1) is 19.7. The number of rotatable bonds is 8. The van der Waals surface area contributed by atoms with E-state index in [-0.39, 0.29) is 54.2 Å². The van der Waals surface area contributed by atoms with Gasteiger partial charge in [0.25, 0.3) is 0 Å². The SMILES string of the molecule is CCOC(=O)C1=C(C)C(C(=O)OCC)C(C)=C1C.CCOC(=O)C1=C(C)C(C(=O)OCC)C(C)=C1C.[Cl][Rh][Cl].[Cl][Rh][Cl]. The summed E-state index contributed by atoms with van der Waals surface area (Å²) in [7, 11) is 19.3. The monoisotopic (exact) mass is 850 g/mol. The van der Waals surface area contributed by atoms with Crippen LogP contribution in [-0.4, -0.2) is 50.3 Å². The molecule has 8 nitrogen and oxygen atoms in total. The predicted octanol–water partition coefficient (Wildman–Crippen LogP) is 7.54. The first-order valence-electron chi connectivity index (χ1n) is 12.9. The van der Waals surface area contributed by atoms with E-state index in [0.717, 1.165) is 33.4 Å². The summed E-state index contributed by atoms with van der Waals surface area (Å²) in [5.74, 6) is -2.21. The Morgan fingerprint density at radius 2 is 0.762 bits per heavy atom. The van der Waals surface area contributed by atoms with Crippen LogP contribution in [0.2, 0.25) is 0 Å². The third-order valence-corrected chi connectivity index (χ3v) is 6.46. The second-order valence-corrected chi connectivity index (χ2v) is 13.6. The summed E-state index contributed by atoms with van der Waals surface area (Å²) in [5, 5.41) is 0. The molecule has 246 valence electrons. The Kier molecular flexibility index (Phi) is 24.4. The van der Waals surface area contributed by atoms with Crippen molar-refractivity contribution < 1.29 is 68.4 Å². The third-order valence-electron chi connectivity index (χ3n) is 6.46. The van der Waals surface area contributed by atoms with Gasteiger partial charge >= 0.3 is 92.9 Å². The van der Waals surface area contributed by atoms with E-state index < -0.39 is 11.8 Å². The molecule has 0 aliphatic heterocycles. The minimum absolute atomic E-state index is 0.226. The van der Waals surface area contributed by atoms with Crippen molar-refractivity contribution in [1.29, 1.82) is 0 Å². The van der Waals surface area contributed by atoms with Crippen LogP contribution in [0, 0.1) is 11.8 Å². The van der Waals surface area contributed by atoms with E-state index in [2.05, 4.69) is 0 Å². The normalized spacial score (nSPS) is 17.6. The van der Waals surface area contributed by atoms with Gasteiger partial charge in [-0.2, -0.15) is 0 Å². The summed E-state index contributed by atoms with van der Waals surface area (Å²) in [4.78, 5) is 47.5. The van der Waals surface area contributed by atoms with Crippen LogP contribution in [0.5, 0.6) is 0 Å². The molecule has 42 heavy (non-hydrogen) atoms. The van der Waals surface area contributed by atoms with Crippen molar-refractivity contribution in [3.8, 4) is 0 Å². The molecule has 14 heteroatoms. The second-order valence-electron chi connectivity index (χ2n) is 8.64. The van der Waals surface area contributed by atoms with Crippen molar-refractivity contribution in [3.05, 3.63) is 44.6 Å². The molecular weight excluding hydrogens is 812 g/mol. The fraction of sp³-hybridized carbons (Fsp3) is 0.571. The Labute approximate surface area is 281 Å². The number of carbonyl (C=O) groups excluding carboxylic acids is 4. The Hall–Kier alpha value is -0.753. The van der Waals surface area contributed by atoms with E-state index in [1.807, 2.05) is 27.7 Å². The van der Waals surface area contributed by atoms with Gasteiger partial charge in [-0.1, -0.05) is 11.1 Å². The van der Waals surface area contributed by atoms with Crippen LogP contribution >= 0.6 is 38.8 Å². The molecule has 0 amide bonds. The Morgan fingerprint density at radius 3 is 0.976 bits per heavy atom. The zero-order valence-electron chi connectivity index (χ0n) is 25.4. The molecule has 0 N–H and O–H groups in total. The predicted molar refractivity (Wildman–Crippen MR) is 159 cm³/mol. The van der Waals surface area contributed by atoms with Gasteiger partial charge in [-0.3, -0.25) is 9.59 Å². The van der Waals surface area contributed by atoms with Crippen molar-refractivity contribution in [2.24, 2.45) is 11.8 Å². The van der Waals surface area contributed by atoms with Gasteiger partial charge in [0.15, 0.2) is 0 Å². The number of esters is 4. The molecule has 0 aromatic rings. The van der Waals surface area contributed by atoms with Crippen LogP contribution < -0.4 is 0 Å². The van der Waals surface area contributed by atoms with E-state index in [1.165, 1.54) is 0 Å². The van der Waals surface area contributed by atoms with Crippen LogP contribution in [0.25, 0.3) is 0 Å². The average molecular weight is 852 g/mol. The average Bonchev–Trinajstić information content (AvgIpc) is 3.27. The van der Waals surface area contributed by atoms with E-state index in [0.29, 0.717) is 37.6 Å². The van der Waals surface area contributed by atoms with Gasteiger partial charge in [-0.05, 0) is 91.5 Å². The molecule has 2 aliphatic carbocycles. The number of ether oxygens (including phenoxy) is 4. The van der Waals surface area contributed by atoms with Crippen LogP contribution in [-0.2, 0) is 68.4 Å². The number of hydrogen-bond acceptors (Lipinski definition) is 8. The molecule has 0 aromatic carbocycles. The molecule has 0 fully saturated rings. The minimum atomic E-state index is -0.440. The van der Waals surface area contributed by atoms with Crippen molar-refractivity contribution in [1.82, 2.24) is 0 Å². The molecule has 2 aliphatic rings. The zero-order chi connectivity index (χ0) is 33.2. The number of hydrogen-bond donors (Lipinski definition) is 0. The Balaban J connectivity index is 0. The van der Waals surface area contributed by atoms with E-state index >= 15 is 0 Å². The fourth-order valence-electron chi connectivity index (χ4n) is 4.55. The molecule has 0 spiro atoms. The van der Waals surface area contributed by atoms with Crippen LogP contribution in [0.15, 0.2) is 44.6 Å². The van der Waals surface area contributed by atoms with Crippen molar-refractivity contribution in [2.75, 3.05) is 26.4 Å². The molecule has 0 aromatic heterocycles. The van der Waals surface area contributed by atoms with Gasteiger partial charge in [0.1, 0.15) is 0 Å². The maximum absolute atomic E-state index is 11.9. The molecule has 2 unspecified atom stereocenters. The van der Waals surface area contributed by atoms with E-state index in [9.17, 15) is 19.2 Å². The zero-order valence-corrected chi connectivity index (χ0v) is 31.7. The molecular formula is C28H40Cl4O8Rh2. The number of carbonyl (C=O) groups is 4. The van der Waals surface area contributed by atoms with Crippen LogP contribution in [0.4, 0.5) is 0 Å². The van der Waals surface area contributed by atoms with Crippen LogP contribution in [0.1, 0.15) is 69.2 Å². The second kappa shape index (κ2) is 23.6. The topological polar surface area (TPSA) is 105 Å². The quantitative estimate of drug-likeness (QED) is 0.140. The summed E-state index contributed by atoms with van der Waals surface area (Å²) < 4.78 is 20.1. The van der Waals surface area contributed by atoms with E-state index in [1.54, 1.807) is 41.5 Å². The van der Waals surface area contributed by atoms with E-state index in [4.69, 9.17) is 57.7 Å². The summed E-state index contributed by atoms with van der Waals surface area (Å²) in [6, 6.07) is 0. The van der Waals surface area contributed by atoms with Gasteiger partial charge in [-0.15, -0.1) is 0 Å². The van der Waals surface area contributed by atoms with Gasteiger partial charge in [0, 0.05) is 0 Å². The molecule has 0 radical (unpaired) electrons. The van der Waals surface area contributed by atoms with Gasteiger partial charge < -0.3 is 18.9 Å². The van der Waals surface area contributed by atoms with Gasteiger partial charge in [0.2, 0.25) is 0 Å². The molecule has 0 heterocycles. The van der Waals surface area contributed by atoms with Gasteiger partial charge in [0.05, 0.1) is 49.4 Å². The molecule has 0 bridgehead atoms. The van der Waals surface area contributed by atoms with Crippen molar-refractivity contribution in [3.63, 3.8) is 0 Å². The first kappa shape index (κ1) is 43.4. The first-order valence-corrected chi connectivity index (χ1v) is 21.3. The summed E-state index contributed by atoms with van der Waals surface area (Å²) >= 11 is -0.451. The fourth-order valence-corrected chi connectivity index (χ4v) is 4.55. The van der Waals surface area contributed by atoms with Crippen molar-refractivity contribution in [2.45, 2.75) is 69.2 Å². The maximum atomic E-state index is 11.9. The third kappa shape index (κ3) is 12.7. The Bertz CT molecular complexity index is 1000. The Morgan fingerprint density at radius 1 is 0.524 bits per heavy atom.